The fraction of sp³-hybridized carbons (Fsp3) is 0.462. The Morgan fingerprint density at radius 3 is 2.53 bits per heavy atom. The number of ether oxygens (including phenoxy) is 1. The van der Waals surface area contributed by atoms with Crippen LogP contribution >= 0.6 is 0 Å². The van der Waals surface area contributed by atoms with Crippen molar-refractivity contribution in [2.45, 2.75) is 20.0 Å². The van der Waals surface area contributed by atoms with Gasteiger partial charge in [0.25, 0.3) is 5.90 Å². The monoisotopic (exact) mass is 234 g/mol. The van der Waals surface area contributed by atoms with Gasteiger partial charge in [-0.05, 0) is 25.5 Å². The standard InChI is InChI=1S/C13H18N2O2/c1-8-5-6-9(2)12-10(8)7-11(16-12)13(14)17-15(3)4/h5-7,10,12,14H,1-4H3. The zero-order valence-electron chi connectivity index (χ0n) is 10.7. The number of allylic oxidation sites excluding steroid dienone is 2. The first-order chi connectivity index (χ1) is 7.99. The predicted molar refractivity (Wildman–Crippen MR) is 66.5 cm³/mol. The summed E-state index contributed by atoms with van der Waals surface area (Å²) in [4.78, 5) is 5.20. The number of hydrogen-bond donors (Lipinski definition) is 1. The minimum Gasteiger partial charge on any atom is -0.480 e. The fourth-order valence-corrected chi connectivity index (χ4v) is 2.07. The van der Waals surface area contributed by atoms with Gasteiger partial charge < -0.3 is 9.57 Å². The molecule has 0 aromatic rings. The third-order valence-corrected chi connectivity index (χ3v) is 2.99. The lowest BCUT2D eigenvalue weighted by Gasteiger charge is -2.24. The predicted octanol–water partition coefficient (Wildman–Crippen LogP) is 2.26. The van der Waals surface area contributed by atoms with Crippen LogP contribution in [0.25, 0.3) is 0 Å². The molecule has 17 heavy (non-hydrogen) atoms. The zero-order valence-corrected chi connectivity index (χ0v) is 10.7. The number of hydroxylamine groups is 2. The van der Waals surface area contributed by atoms with Gasteiger partial charge in [-0.1, -0.05) is 17.7 Å². The van der Waals surface area contributed by atoms with Gasteiger partial charge in [0.05, 0.1) is 0 Å². The molecule has 0 fully saturated rings. The van der Waals surface area contributed by atoms with Crippen molar-refractivity contribution in [1.82, 2.24) is 5.06 Å². The summed E-state index contributed by atoms with van der Waals surface area (Å²) in [6, 6.07) is 0. The smallest absolute Gasteiger partial charge is 0.272 e. The van der Waals surface area contributed by atoms with E-state index in [1.807, 2.05) is 13.0 Å². The van der Waals surface area contributed by atoms with Crippen LogP contribution in [0.2, 0.25) is 0 Å². The Hall–Kier alpha value is -1.55. The van der Waals surface area contributed by atoms with Crippen molar-refractivity contribution < 1.29 is 9.57 Å². The van der Waals surface area contributed by atoms with Gasteiger partial charge in [0, 0.05) is 20.0 Å². The molecule has 1 aliphatic heterocycles. The van der Waals surface area contributed by atoms with Gasteiger partial charge in [-0.15, -0.1) is 5.06 Å². The molecule has 4 heteroatoms. The molecule has 0 spiro atoms. The average molecular weight is 234 g/mol. The molecule has 0 radical (unpaired) electrons. The maximum absolute atomic E-state index is 7.80. The van der Waals surface area contributed by atoms with E-state index in [-0.39, 0.29) is 17.9 Å². The quantitative estimate of drug-likeness (QED) is 0.453. The largest absolute Gasteiger partial charge is 0.480 e. The highest BCUT2D eigenvalue weighted by Gasteiger charge is 2.35. The van der Waals surface area contributed by atoms with E-state index in [9.17, 15) is 0 Å². The van der Waals surface area contributed by atoms with Gasteiger partial charge >= 0.3 is 0 Å². The molecule has 2 aliphatic rings. The zero-order chi connectivity index (χ0) is 12.6. The molecular weight excluding hydrogens is 216 g/mol. The number of hydrogen-bond acceptors (Lipinski definition) is 4. The van der Waals surface area contributed by atoms with Crippen LogP contribution in [0.15, 0.2) is 35.1 Å². The first kappa shape index (κ1) is 11.9. The fourth-order valence-electron chi connectivity index (χ4n) is 2.07. The molecule has 1 aliphatic carbocycles. The lowest BCUT2D eigenvalue weighted by Crippen LogP contribution is -2.23. The SMILES string of the molecule is CC1=CC=C(C)C2OC(C(=N)ON(C)C)=CC12. The summed E-state index contributed by atoms with van der Waals surface area (Å²) < 4.78 is 5.79. The molecule has 1 N–H and O–H groups in total. The van der Waals surface area contributed by atoms with Crippen LogP contribution in [-0.4, -0.2) is 31.2 Å². The summed E-state index contributed by atoms with van der Waals surface area (Å²) in [5.41, 5.74) is 2.44. The Bertz CT molecular complexity index is 433. The average Bonchev–Trinajstić information content (AvgIpc) is 2.68. The van der Waals surface area contributed by atoms with Crippen molar-refractivity contribution in [3.63, 3.8) is 0 Å². The second-order valence-electron chi connectivity index (χ2n) is 4.65. The van der Waals surface area contributed by atoms with Crippen molar-refractivity contribution in [3.8, 4) is 0 Å². The van der Waals surface area contributed by atoms with E-state index < -0.39 is 0 Å². The Morgan fingerprint density at radius 2 is 1.94 bits per heavy atom. The molecule has 1 heterocycles. The van der Waals surface area contributed by atoms with Crippen LogP contribution in [0.1, 0.15) is 13.8 Å². The number of fused-ring (bicyclic) bond motifs is 1. The third-order valence-electron chi connectivity index (χ3n) is 2.99. The lowest BCUT2D eigenvalue weighted by molar-refractivity contribution is -0.0251. The molecule has 0 aromatic carbocycles. The molecule has 0 saturated heterocycles. The first-order valence-electron chi connectivity index (χ1n) is 5.66. The summed E-state index contributed by atoms with van der Waals surface area (Å²) in [6.45, 7) is 4.13. The van der Waals surface area contributed by atoms with Gasteiger partial charge in [0.15, 0.2) is 5.76 Å². The van der Waals surface area contributed by atoms with Crippen molar-refractivity contribution >= 4 is 5.90 Å². The summed E-state index contributed by atoms with van der Waals surface area (Å²) >= 11 is 0. The minimum atomic E-state index is 0.0288. The number of nitrogens with one attached hydrogen (secondary N) is 1. The van der Waals surface area contributed by atoms with Crippen molar-refractivity contribution in [2.75, 3.05) is 14.1 Å². The van der Waals surface area contributed by atoms with E-state index in [0.29, 0.717) is 5.76 Å². The van der Waals surface area contributed by atoms with Crippen LogP contribution in [0, 0.1) is 11.3 Å². The van der Waals surface area contributed by atoms with Crippen LogP contribution in [0.4, 0.5) is 0 Å². The highest BCUT2D eigenvalue weighted by atomic mass is 16.7. The van der Waals surface area contributed by atoms with Crippen LogP contribution in [-0.2, 0) is 9.57 Å². The highest BCUT2D eigenvalue weighted by molar-refractivity contribution is 5.89. The van der Waals surface area contributed by atoms with Gasteiger partial charge in [-0.25, -0.2) is 0 Å². The van der Waals surface area contributed by atoms with E-state index in [1.54, 1.807) is 14.1 Å². The maximum atomic E-state index is 7.80. The van der Waals surface area contributed by atoms with E-state index >= 15 is 0 Å². The second kappa shape index (κ2) is 4.37. The second-order valence-corrected chi connectivity index (χ2v) is 4.65. The Kier molecular flexibility index (Phi) is 3.07. The molecular formula is C13H18N2O2. The maximum Gasteiger partial charge on any atom is 0.272 e. The highest BCUT2D eigenvalue weighted by Crippen LogP contribution is 2.36. The number of nitrogens with zero attached hydrogens (tertiary/aromatic N) is 1. The van der Waals surface area contributed by atoms with E-state index in [4.69, 9.17) is 15.0 Å². The molecule has 0 bridgehead atoms. The molecule has 2 rings (SSSR count). The first-order valence-corrected chi connectivity index (χ1v) is 5.66. The van der Waals surface area contributed by atoms with Crippen molar-refractivity contribution in [2.24, 2.45) is 5.92 Å². The Balaban J connectivity index is 2.15. The van der Waals surface area contributed by atoms with E-state index in [0.717, 1.165) is 0 Å². The van der Waals surface area contributed by atoms with Crippen LogP contribution in [0.5, 0.6) is 0 Å². The Labute approximate surface area is 102 Å². The van der Waals surface area contributed by atoms with E-state index in [2.05, 4.69) is 19.1 Å². The molecule has 2 unspecified atom stereocenters. The topological polar surface area (TPSA) is 45.6 Å². The van der Waals surface area contributed by atoms with E-state index in [1.165, 1.54) is 16.2 Å². The Morgan fingerprint density at radius 1 is 1.29 bits per heavy atom. The van der Waals surface area contributed by atoms with Crippen LogP contribution < -0.4 is 0 Å². The third kappa shape index (κ3) is 2.26. The lowest BCUT2D eigenvalue weighted by atomic mass is 9.87. The van der Waals surface area contributed by atoms with Crippen molar-refractivity contribution in [1.29, 1.82) is 5.41 Å². The summed E-state index contributed by atoms with van der Waals surface area (Å²) in [6.07, 6.45) is 6.18. The van der Waals surface area contributed by atoms with Gasteiger partial charge in [-0.2, -0.15) is 0 Å². The molecule has 0 saturated carbocycles. The van der Waals surface area contributed by atoms with Crippen LogP contribution in [0.3, 0.4) is 0 Å². The summed E-state index contributed by atoms with van der Waals surface area (Å²) in [7, 11) is 3.49. The summed E-state index contributed by atoms with van der Waals surface area (Å²) in [5, 5.41) is 9.29. The molecule has 0 amide bonds. The molecule has 4 nitrogen and oxygen atoms in total. The van der Waals surface area contributed by atoms with Gasteiger partial charge in [0.1, 0.15) is 6.10 Å². The van der Waals surface area contributed by atoms with Crippen molar-refractivity contribution in [3.05, 3.63) is 35.1 Å². The molecule has 0 aromatic heterocycles. The van der Waals surface area contributed by atoms with Gasteiger partial charge in [-0.3, -0.25) is 5.41 Å². The molecule has 92 valence electrons. The molecule has 2 atom stereocenters. The summed E-state index contributed by atoms with van der Waals surface area (Å²) in [5.74, 6) is 0.821. The normalized spacial score (nSPS) is 26.8. The van der Waals surface area contributed by atoms with Gasteiger partial charge in [0.2, 0.25) is 0 Å². The minimum absolute atomic E-state index is 0.0288. The number of rotatable bonds is 2.